The lowest BCUT2D eigenvalue weighted by atomic mass is 10.1. The molecule has 1 aliphatic heterocycles. The average Bonchev–Trinajstić information content (AvgIpc) is 2.92. The van der Waals surface area contributed by atoms with Gasteiger partial charge >= 0.3 is 6.03 Å². The first-order valence-corrected chi connectivity index (χ1v) is 8.03. The van der Waals surface area contributed by atoms with Gasteiger partial charge in [0.25, 0.3) is 11.8 Å². The molecule has 0 unspecified atom stereocenters. The number of carbonyl (C=O) groups excluding carboxylic acids is 3. The summed E-state index contributed by atoms with van der Waals surface area (Å²) in [6.07, 6.45) is 0.454. The first kappa shape index (κ1) is 17.5. The molecule has 4 amide bonds. The molecule has 0 aliphatic carbocycles. The van der Waals surface area contributed by atoms with Gasteiger partial charge in [0.15, 0.2) is 0 Å². The summed E-state index contributed by atoms with van der Waals surface area (Å²) in [7, 11) is 3.12. The third-order valence-electron chi connectivity index (χ3n) is 4.16. The Bertz CT molecular complexity index is 843. The number of rotatable bonds is 5. The summed E-state index contributed by atoms with van der Waals surface area (Å²) in [6, 6.07) is 11.0. The lowest BCUT2D eigenvalue weighted by molar-refractivity contribution is 0.0703. The predicted octanol–water partition coefficient (Wildman–Crippen LogP) is 2.25. The van der Waals surface area contributed by atoms with Crippen LogP contribution < -0.4 is 14.8 Å². The smallest absolute Gasteiger partial charge is 0.331 e. The fraction of sp³-hybridized carbons (Fsp3) is 0.211. The van der Waals surface area contributed by atoms with Crippen molar-refractivity contribution >= 4 is 17.8 Å². The van der Waals surface area contributed by atoms with Gasteiger partial charge in [0.1, 0.15) is 11.5 Å². The Labute approximate surface area is 150 Å². The molecular formula is C19H18N2O5. The molecule has 0 bridgehead atoms. The number of hydrogen-bond donors (Lipinski definition) is 1. The van der Waals surface area contributed by atoms with Gasteiger partial charge < -0.3 is 14.8 Å². The Morgan fingerprint density at radius 1 is 1.00 bits per heavy atom. The molecule has 7 nitrogen and oxygen atoms in total. The molecule has 0 saturated carbocycles. The van der Waals surface area contributed by atoms with Crippen molar-refractivity contribution in [2.45, 2.75) is 6.42 Å². The van der Waals surface area contributed by atoms with Crippen molar-refractivity contribution in [1.82, 2.24) is 10.2 Å². The summed E-state index contributed by atoms with van der Waals surface area (Å²) in [5, 5.41) is 2.61. The number of methoxy groups -OCH3 is 2. The number of carbonyl (C=O) groups is 3. The molecular weight excluding hydrogens is 336 g/mol. The van der Waals surface area contributed by atoms with Crippen LogP contribution in [0.15, 0.2) is 42.5 Å². The fourth-order valence-electron chi connectivity index (χ4n) is 2.83. The second-order valence-corrected chi connectivity index (χ2v) is 5.65. The van der Waals surface area contributed by atoms with Crippen molar-refractivity contribution in [1.29, 1.82) is 0 Å². The third-order valence-corrected chi connectivity index (χ3v) is 4.16. The normalized spacial score (nSPS) is 12.8. The first-order chi connectivity index (χ1) is 12.6. The van der Waals surface area contributed by atoms with E-state index in [1.54, 1.807) is 38.5 Å². The van der Waals surface area contributed by atoms with Gasteiger partial charge in [-0.15, -0.1) is 0 Å². The number of urea groups is 1. The van der Waals surface area contributed by atoms with Crippen LogP contribution in [0.4, 0.5) is 4.79 Å². The zero-order valence-electron chi connectivity index (χ0n) is 14.4. The Morgan fingerprint density at radius 2 is 1.65 bits per heavy atom. The number of nitrogens with one attached hydrogen (secondary N) is 1. The lowest BCUT2D eigenvalue weighted by Crippen LogP contribution is -2.44. The molecule has 1 N–H and O–H groups in total. The summed E-state index contributed by atoms with van der Waals surface area (Å²) in [6.45, 7) is 0.232. The van der Waals surface area contributed by atoms with E-state index in [1.165, 1.54) is 12.1 Å². The molecule has 0 spiro atoms. The number of hydrogen-bond acceptors (Lipinski definition) is 5. The van der Waals surface area contributed by atoms with E-state index in [1.807, 2.05) is 6.07 Å². The monoisotopic (exact) mass is 354 g/mol. The molecule has 26 heavy (non-hydrogen) atoms. The maximum absolute atomic E-state index is 12.3. The maximum Gasteiger partial charge on any atom is 0.331 e. The van der Waals surface area contributed by atoms with Crippen LogP contribution in [0.5, 0.6) is 11.5 Å². The largest absolute Gasteiger partial charge is 0.497 e. The minimum atomic E-state index is -0.738. The van der Waals surface area contributed by atoms with Crippen LogP contribution in [-0.4, -0.2) is 43.5 Å². The summed E-state index contributed by atoms with van der Waals surface area (Å²) >= 11 is 0. The number of fused-ring (bicyclic) bond motifs is 1. The highest BCUT2D eigenvalue weighted by Gasteiger charge is 2.39. The molecule has 3 rings (SSSR count). The van der Waals surface area contributed by atoms with E-state index in [-0.39, 0.29) is 17.7 Å². The van der Waals surface area contributed by atoms with Gasteiger partial charge in [-0.05, 0) is 42.3 Å². The standard InChI is InChI=1S/C19H18N2O5/c1-25-13-7-8-16(26-2)12(11-13)9-10-20-19(24)21-17(22)14-5-3-4-6-15(14)18(21)23/h3-8,11H,9-10H2,1-2H3,(H,20,24). The first-order valence-electron chi connectivity index (χ1n) is 8.03. The average molecular weight is 354 g/mol. The van der Waals surface area contributed by atoms with E-state index < -0.39 is 17.8 Å². The maximum atomic E-state index is 12.3. The van der Waals surface area contributed by atoms with Crippen LogP contribution in [0.1, 0.15) is 26.3 Å². The summed E-state index contributed by atoms with van der Waals surface area (Å²) < 4.78 is 10.5. The van der Waals surface area contributed by atoms with Gasteiger partial charge in [-0.25, -0.2) is 4.79 Å². The van der Waals surface area contributed by atoms with Crippen LogP contribution in [0, 0.1) is 0 Å². The highest BCUT2D eigenvalue weighted by molar-refractivity contribution is 6.28. The molecule has 134 valence electrons. The third kappa shape index (κ3) is 3.11. The number of nitrogens with zero attached hydrogens (tertiary/aromatic N) is 1. The molecule has 0 saturated heterocycles. The second-order valence-electron chi connectivity index (χ2n) is 5.65. The minimum Gasteiger partial charge on any atom is -0.497 e. The topological polar surface area (TPSA) is 84.9 Å². The molecule has 2 aromatic rings. The molecule has 0 radical (unpaired) electrons. The summed E-state index contributed by atoms with van der Waals surface area (Å²) in [4.78, 5) is 37.5. The Balaban J connectivity index is 1.66. The Morgan fingerprint density at radius 3 is 2.23 bits per heavy atom. The van der Waals surface area contributed by atoms with Gasteiger partial charge in [-0.2, -0.15) is 4.90 Å². The summed E-state index contributed by atoms with van der Waals surface area (Å²) in [5.41, 5.74) is 1.32. The summed E-state index contributed by atoms with van der Waals surface area (Å²) in [5.74, 6) is 0.123. The van der Waals surface area contributed by atoms with Crippen LogP contribution >= 0.6 is 0 Å². The Hall–Kier alpha value is -3.35. The molecule has 7 heteroatoms. The minimum absolute atomic E-state index is 0.232. The molecule has 0 atom stereocenters. The highest BCUT2D eigenvalue weighted by atomic mass is 16.5. The van der Waals surface area contributed by atoms with Crippen LogP contribution in [0.2, 0.25) is 0 Å². The second kappa shape index (κ2) is 7.26. The van der Waals surface area contributed by atoms with Crippen molar-refractivity contribution < 1.29 is 23.9 Å². The van der Waals surface area contributed by atoms with E-state index in [9.17, 15) is 14.4 Å². The Kier molecular flexibility index (Phi) is 4.88. The SMILES string of the molecule is COc1ccc(OC)c(CCNC(=O)N2C(=O)c3ccccc3C2=O)c1. The van der Waals surface area contributed by atoms with Crippen LogP contribution in [-0.2, 0) is 6.42 Å². The quantitative estimate of drug-likeness (QED) is 0.833. The fourth-order valence-corrected chi connectivity index (χ4v) is 2.83. The number of imide groups is 3. The van der Waals surface area contributed by atoms with Crippen molar-refractivity contribution in [3.05, 3.63) is 59.2 Å². The molecule has 1 heterocycles. The van der Waals surface area contributed by atoms with Gasteiger partial charge in [0, 0.05) is 6.54 Å². The van der Waals surface area contributed by atoms with Crippen molar-refractivity contribution in [3.8, 4) is 11.5 Å². The van der Waals surface area contributed by atoms with Gasteiger partial charge in [0.2, 0.25) is 0 Å². The predicted molar refractivity (Wildman–Crippen MR) is 93.6 cm³/mol. The highest BCUT2D eigenvalue weighted by Crippen LogP contribution is 2.25. The van der Waals surface area contributed by atoms with Gasteiger partial charge in [-0.3, -0.25) is 9.59 Å². The van der Waals surface area contributed by atoms with E-state index >= 15 is 0 Å². The zero-order chi connectivity index (χ0) is 18.7. The van der Waals surface area contributed by atoms with Gasteiger partial charge in [-0.1, -0.05) is 12.1 Å². The van der Waals surface area contributed by atoms with Crippen molar-refractivity contribution in [3.63, 3.8) is 0 Å². The van der Waals surface area contributed by atoms with E-state index in [4.69, 9.17) is 9.47 Å². The van der Waals surface area contributed by atoms with Gasteiger partial charge in [0.05, 0.1) is 25.3 Å². The van der Waals surface area contributed by atoms with Crippen LogP contribution in [0.3, 0.4) is 0 Å². The van der Waals surface area contributed by atoms with E-state index in [0.29, 0.717) is 22.8 Å². The van der Waals surface area contributed by atoms with Crippen molar-refractivity contribution in [2.75, 3.05) is 20.8 Å². The van der Waals surface area contributed by atoms with E-state index in [2.05, 4.69) is 5.32 Å². The number of benzene rings is 2. The lowest BCUT2D eigenvalue weighted by Gasteiger charge is -2.14. The van der Waals surface area contributed by atoms with E-state index in [0.717, 1.165) is 5.56 Å². The number of ether oxygens (including phenoxy) is 2. The zero-order valence-corrected chi connectivity index (χ0v) is 14.4. The molecule has 0 aromatic heterocycles. The molecule has 2 aromatic carbocycles. The van der Waals surface area contributed by atoms with Crippen LogP contribution in [0.25, 0.3) is 0 Å². The molecule has 0 fully saturated rings. The van der Waals surface area contributed by atoms with Crippen molar-refractivity contribution in [2.24, 2.45) is 0 Å². The molecule has 1 aliphatic rings. The number of amides is 4.